The minimum absolute atomic E-state index is 0.379. The monoisotopic (exact) mass is 370 g/mol. The third-order valence-electron chi connectivity index (χ3n) is 4.43. The summed E-state index contributed by atoms with van der Waals surface area (Å²) in [5.74, 6) is -0.468. The smallest absolute Gasteiger partial charge is 0.416 e. The summed E-state index contributed by atoms with van der Waals surface area (Å²) in [7, 11) is 1.30. The molecule has 0 saturated carbocycles. The molecule has 27 heavy (non-hydrogen) atoms. The van der Waals surface area contributed by atoms with Gasteiger partial charge in [0.2, 0.25) is 0 Å². The zero-order valence-corrected chi connectivity index (χ0v) is 14.1. The van der Waals surface area contributed by atoms with E-state index in [-0.39, 0.29) is 0 Å². The van der Waals surface area contributed by atoms with Crippen LogP contribution in [0.15, 0.2) is 60.9 Å². The SMILES string of the molecule is COC(=O)c1ccc2c(-c3ccc(C(F)(F)F)cc3)cc3nccn3c2c1. The molecule has 2 aromatic heterocycles. The van der Waals surface area contributed by atoms with Crippen LogP contribution in [0.2, 0.25) is 0 Å². The summed E-state index contributed by atoms with van der Waals surface area (Å²) in [6, 6.07) is 11.9. The molecule has 0 fully saturated rings. The molecule has 0 aliphatic rings. The predicted octanol–water partition coefficient (Wildman–Crippen LogP) is 4.96. The lowest BCUT2D eigenvalue weighted by Gasteiger charge is -2.12. The number of alkyl halides is 3. The minimum atomic E-state index is -4.39. The second kappa shape index (κ2) is 6.12. The minimum Gasteiger partial charge on any atom is -0.465 e. The molecule has 0 aliphatic heterocycles. The van der Waals surface area contributed by atoms with Crippen molar-refractivity contribution in [2.75, 3.05) is 7.11 Å². The quantitative estimate of drug-likeness (QED) is 0.469. The number of fused-ring (bicyclic) bond motifs is 3. The van der Waals surface area contributed by atoms with Crippen LogP contribution >= 0.6 is 0 Å². The van der Waals surface area contributed by atoms with Crippen molar-refractivity contribution in [3.8, 4) is 11.1 Å². The zero-order valence-electron chi connectivity index (χ0n) is 14.1. The average molecular weight is 370 g/mol. The molecule has 0 unspecified atom stereocenters. The van der Waals surface area contributed by atoms with Crippen LogP contribution < -0.4 is 0 Å². The van der Waals surface area contributed by atoms with Crippen molar-refractivity contribution in [3.63, 3.8) is 0 Å². The number of hydrogen-bond acceptors (Lipinski definition) is 3. The number of benzene rings is 2. The first-order valence-corrected chi connectivity index (χ1v) is 8.04. The molecule has 0 aliphatic carbocycles. The summed E-state index contributed by atoms with van der Waals surface area (Å²) in [6.07, 6.45) is -1.01. The Balaban J connectivity index is 1.95. The first-order valence-electron chi connectivity index (χ1n) is 8.04. The van der Waals surface area contributed by atoms with Gasteiger partial charge in [0.25, 0.3) is 0 Å². The number of halogens is 3. The van der Waals surface area contributed by atoms with E-state index in [1.807, 2.05) is 10.5 Å². The Bertz CT molecular complexity index is 1160. The van der Waals surface area contributed by atoms with Gasteiger partial charge in [0, 0.05) is 17.8 Å². The molecule has 0 amide bonds. The maximum absolute atomic E-state index is 12.8. The van der Waals surface area contributed by atoms with E-state index in [4.69, 9.17) is 4.74 Å². The largest absolute Gasteiger partial charge is 0.465 e. The first-order chi connectivity index (χ1) is 12.9. The Hall–Kier alpha value is -3.35. The van der Waals surface area contributed by atoms with Gasteiger partial charge in [0.15, 0.2) is 0 Å². The van der Waals surface area contributed by atoms with Crippen molar-refractivity contribution < 1.29 is 22.7 Å². The average Bonchev–Trinajstić information content (AvgIpc) is 3.14. The number of carbonyl (C=O) groups is 1. The number of carbonyl (C=O) groups excluding carboxylic acids is 1. The first kappa shape index (κ1) is 17.1. The van der Waals surface area contributed by atoms with Gasteiger partial charge in [-0.1, -0.05) is 18.2 Å². The maximum atomic E-state index is 12.8. The van der Waals surface area contributed by atoms with Crippen molar-refractivity contribution in [1.82, 2.24) is 9.38 Å². The standard InChI is InChI=1S/C20H13F3N2O2/c1-27-19(26)13-4-7-15-16(11-18-24-8-9-25(18)17(15)10-13)12-2-5-14(6-3-12)20(21,22)23/h2-11H,1H3. The summed E-state index contributed by atoms with van der Waals surface area (Å²) in [4.78, 5) is 16.1. The topological polar surface area (TPSA) is 43.6 Å². The molecule has 4 aromatic rings. The van der Waals surface area contributed by atoms with Crippen LogP contribution in [0, 0.1) is 0 Å². The number of rotatable bonds is 2. The molecular formula is C20H13F3N2O2. The van der Waals surface area contributed by atoms with Gasteiger partial charge in [-0.05, 0) is 41.5 Å². The second-order valence-corrected chi connectivity index (χ2v) is 6.01. The van der Waals surface area contributed by atoms with Gasteiger partial charge in [0.05, 0.1) is 23.8 Å². The number of pyridine rings is 1. The normalized spacial score (nSPS) is 11.9. The number of methoxy groups -OCH3 is 1. The maximum Gasteiger partial charge on any atom is 0.416 e. The van der Waals surface area contributed by atoms with Gasteiger partial charge in [-0.15, -0.1) is 0 Å². The van der Waals surface area contributed by atoms with Gasteiger partial charge >= 0.3 is 12.1 Å². The molecule has 4 rings (SSSR count). The third kappa shape index (κ3) is 2.91. The third-order valence-corrected chi connectivity index (χ3v) is 4.43. The van der Waals surface area contributed by atoms with Gasteiger partial charge in [-0.2, -0.15) is 13.2 Å². The van der Waals surface area contributed by atoms with Crippen molar-refractivity contribution in [2.45, 2.75) is 6.18 Å². The van der Waals surface area contributed by atoms with E-state index in [1.54, 1.807) is 30.6 Å². The highest BCUT2D eigenvalue weighted by Gasteiger charge is 2.30. The number of esters is 1. The molecule has 7 heteroatoms. The number of aromatic nitrogens is 2. The molecule has 0 N–H and O–H groups in total. The Morgan fingerprint density at radius 3 is 2.48 bits per heavy atom. The number of ether oxygens (including phenoxy) is 1. The molecule has 0 atom stereocenters. The van der Waals surface area contributed by atoms with Gasteiger partial charge < -0.3 is 4.74 Å². The van der Waals surface area contributed by atoms with Crippen molar-refractivity contribution >= 4 is 22.5 Å². The molecule has 4 nitrogen and oxygen atoms in total. The molecule has 136 valence electrons. The number of imidazole rings is 1. The van der Waals surface area contributed by atoms with Crippen LogP contribution in [-0.4, -0.2) is 22.5 Å². The van der Waals surface area contributed by atoms with E-state index in [1.165, 1.54) is 19.2 Å². The van der Waals surface area contributed by atoms with Crippen LogP contribution in [-0.2, 0) is 10.9 Å². The van der Waals surface area contributed by atoms with Gasteiger partial charge in [-0.3, -0.25) is 4.40 Å². The molecule has 2 heterocycles. The molecule has 0 spiro atoms. The highest BCUT2D eigenvalue weighted by atomic mass is 19.4. The van der Waals surface area contributed by atoms with Crippen molar-refractivity contribution in [1.29, 1.82) is 0 Å². The van der Waals surface area contributed by atoms with Crippen molar-refractivity contribution in [2.24, 2.45) is 0 Å². The fraction of sp³-hybridized carbons (Fsp3) is 0.100. The summed E-state index contributed by atoms with van der Waals surface area (Å²) < 4.78 is 45.1. The second-order valence-electron chi connectivity index (χ2n) is 6.01. The lowest BCUT2D eigenvalue weighted by Crippen LogP contribution is -2.04. The zero-order chi connectivity index (χ0) is 19.2. The lowest BCUT2D eigenvalue weighted by atomic mass is 9.98. The molecule has 0 saturated heterocycles. The summed E-state index contributed by atoms with van der Waals surface area (Å²) >= 11 is 0. The van der Waals surface area contributed by atoms with Crippen LogP contribution in [0.4, 0.5) is 13.2 Å². The van der Waals surface area contributed by atoms with Gasteiger partial charge in [0.1, 0.15) is 5.65 Å². The lowest BCUT2D eigenvalue weighted by molar-refractivity contribution is -0.137. The van der Waals surface area contributed by atoms with Gasteiger partial charge in [-0.25, -0.2) is 9.78 Å². The molecule has 0 radical (unpaired) electrons. The van der Waals surface area contributed by atoms with E-state index in [2.05, 4.69) is 4.98 Å². The fourth-order valence-corrected chi connectivity index (χ4v) is 3.11. The summed E-state index contributed by atoms with van der Waals surface area (Å²) in [5.41, 5.74) is 2.37. The Morgan fingerprint density at radius 2 is 1.81 bits per heavy atom. The van der Waals surface area contributed by atoms with Crippen molar-refractivity contribution in [3.05, 3.63) is 72.1 Å². The summed E-state index contributed by atoms with van der Waals surface area (Å²) in [6.45, 7) is 0. The van der Waals surface area contributed by atoms with E-state index in [9.17, 15) is 18.0 Å². The Morgan fingerprint density at radius 1 is 1.07 bits per heavy atom. The van der Waals surface area contributed by atoms with E-state index in [0.29, 0.717) is 22.3 Å². The summed E-state index contributed by atoms with van der Waals surface area (Å²) in [5, 5.41) is 0.785. The highest BCUT2D eigenvalue weighted by molar-refractivity contribution is 6.01. The molecular weight excluding hydrogens is 357 g/mol. The molecule has 2 aromatic carbocycles. The fourth-order valence-electron chi connectivity index (χ4n) is 3.11. The Labute approximate surface area is 151 Å². The number of nitrogens with zero attached hydrogens (tertiary/aromatic N) is 2. The van der Waals surface area contributed by atoms with Crippen LogP contribution in [0.5, 0.6) is 0 Å². The van der Waals surface area contributed by atoms with Crippen LogP contribution in [0.25, 0.3) is 27.7 Å². The van der Waals surface area contributed by atoms with Crippen LogP contribution in [0.3, 0.4) is 0 Å². The van der Waals surface area contributed by atoms with Crippen LogP contribution in [0.1, 0.15) is 15.9 Å². The predicted molar refractivity (Wildman–Crippen MR) is 94.5 cm³/mol. The number of hydrogen-bond donors (Lipinski definition) is 0. The highest BCUT2D eigenvalue weighted by Crippen LogP contribution is 2.34. The van der Waals surface area contributed by atoms with E-state index >= 15 is 0 Å². The molecule has 0 bridgehead atoms. The Kier molecular flexibility index (Phi) is 3.87. The van der Waals surface area contributed by atoms with E-state index in [0.717, 1.165) is 23.1 Å². The van der Waals surface area contributed by atoms with E-state index < -0.39 is 17.7 Å².